The van der Waals surface area contributed by atoms with Gasteiger partial charge in [-0.2, -0.15) is 0 Å². The first-order valence-corrected chi connectivity index (χ1v) is 5.89. The Kier molecular flexibility index (Phi) is 4.11. The van der Waals surface area contributed by atoms with Crippen LogP contribution in [0, 0.1) is 10.1 Å². The summed E-state index contributed by atoms with van der Waals surface area (Å²) < 4.78 is 10.9. The van der Waals surface area contributed by atoms with Crippen molar-refractivity contribution in [2.45, 2.75) is 25.6 Å². The Morgan fingerprint density at radius 2 is 2.17 bits per heavy atom. The number of ether oxygens (including phenoxy) is 2. The topological polar surface area (TPSA) is 87.6 Å². The maximum Gasteiger partial charge on any atom is 0.269 e. The van der Waals surface area contributed by atoms with Gasteiger partial charge in [0, 0.05) is 36.6 Å². The van der Waals surface area contributed by atoms with Crippen LogP contribution in [0.1, 0.15) is 18.4 Å². The van der Waals surface area contributed by atoms with Crippen LogP contribution in [0.25, 0.3) is 0 Å². The molecule has 0 unspecified atom stereocenters. The van der Waals surface area contributed by atoms with E-state index in [-0.39, 0.29) is 11.8 Å². The largest absolute Gasteiger partial charge is 0.398 e. The molecular formula is C12H16N2O4. The van der Waals surface area contributed by atoms with Gasteiger partial charge in [-0.15, -0.1) is 0 Å². The molecule has 0 saturated carbocycles. The van der Waals surface area contributed by atoms with Crippen LogP contribution >= 0.6 is 0 Å². The lowest BCUT2D eigenvalue weighted by Gasteiger charge is -2.22. The van der Waals surface area contributed by atoms with Gasteiger partial charge < -0.3 is 15.2 Å². The quantitative estimate of drug-likeness (QED) is 0.502. The normalized spacial score (nSPS) is 16.7. The third-order valence-corrected chi connectivity index (χ3v) is 2.98. The molecule has 18 heavy (non-hydrogen) atoms. The van der Waals surface area contributed by atoms with Crippen molar-refractivity contribution >= 4 is 11.4 Å². The fourth-order valence-corrected chi connectivity index (χ4v) is 1.88. The molecule has 1 aliphatic rings. The Balaban J connectivity index is 1.99. The molecule has 1 heterocycles. The van der Waals surface area contributed by atoms with Crippen molar-refractivity contribution in [3.05, 3.63) is 33.9 Å². The third kappa shape index (κ3) is 3.18. The van der Waals surface area contributed by atoms with E-state index in [1.54, 1.807) is 6.07 Å². The van der Waals surface area contributed by atoms with Crippen molar-refractivity contribution in [2.24, 2.45) is 0 Å². The predicted octanol–water partition coefficient (Wildman–Crippen LogP) is 1.87. The van der Waals surface area contributed by atoms with Crippen LogP contribution < -0.4 is 5.73 Å². The van der Waals surface area contributed by atoms with Crippen LogP contribution in [0.5, 0.6) is 0 Å². The van der Waals surface area contributed by atoms with Crippen LogP contribution in [0.15, 0.2) is 18.2 Å². The van der Waals surface area contributed by atoms with Gasteiger partial charge in [0.25, 0.3) is 5.69 Å². The number of hydrogen-bond donors (Lipinski definition) is 1. The van der Waals surface area contributed by atoms with Gasteiger partial charge in [0.2, 0.25) is 0 Å². The smallest absolute Gasteiger partial charge is 0.269 e. The predicted molar refractivity (Wildman–Crippen MR) is 66.1 cm³/mol. The molecule has 0 bridgehead atoms. The van der Waals surface area contributed by atoms with Crippen molar-refractivity contribution in [1.29, 1.82) is 0 Å². The van der Waals surface area contributed by atoms with E-state index >= 15 is 0 Å². The molecule has 1 aromatic carbocycles. The average Bonchev–Trinajstić information content (AvgIpc) is 2.38. The standard InChI is InChI=1S/C12H16N2O4/c13-12-2-1-10(14(15)16)7-9(12)8-18-11-3-5-17-6-4-11/h1-2,7,11H,3-6,8,13H2. The Morgan fingerprint density at radius 3 is 2.83 bits per heavy atom. The fourth-order valence-electron chi connectivity index (χ4n) is 1.88. The maximum absolute atomic E-state index is 10.7. The van der Waals surface area contributed by atoms with Crippen molar-refractivity contribution < 1.29 is 14.4 Å². The van der Waals surface area contributed by atoms with E-state index in [9.17, 15) is 10.1 Å². The summed E-state index contributed by atoms with van der Waals surface area (Å²) in [6.07, 6.45) is 1.86. The van der Waals surface area contributed by atoms with Gasteiger partial charge in [0.05, 0.1) is 17.6 Å². The Morgan fingerprint density at radius 1 is 1.44 bits per heavy atom. The second-order valence-corrected chi connectivity index (χ2v) is 4.26. The summed E-state index contributed by atoms with van der Waals surface area (Å²) in [5.41, 5.74) is 7.00. The van der Waals surface area contributed by atoms with E-state index in [4.69, 9.17) is 15.2 Å². The van der Waals surface area contributed by atoms with Gasteiger partial charge >= 0.3 is 0 Å². The summed E-state index contributed by atoms with van der Waals surface area (Å²) in [6.45, 7) is 1.71. The molecular weight excluding hydrogens is 236 g/mol. The van der Waals surface area contributed by atoms with E-state index < -0.39 is 4.92 Å². The van der Waals surface area contributed by atoms with E-state index in [1.807, 2.05) is 0 Å². The number of nitro benzene ring substituents is 1. The molecule has 0 radical (unpaired) electrons. The van der Waals surface area contributed by atoms with E-state index in [0.29, 0.717) is 31.1 Å². The fraction of sp³-hybridized carbons (Fsp3) is 0.500. The number of nitrogen functional groups attached to an aromatic ring is 1. The number of rotatable bonds is 4. The third-order valence-electron chi connectivity index (χ3n) is 2.98. The summed E-state index contributed by atoms with van der Waals surface area (Å²) in [4.78, 5) is 10.2. The van der Waals surface area contributed by atoms with Crippen LogP contribution in [0.4, 0.5) is 11.4 Å². The highest BCUT2D eigenvalue weighted by Crippen LogP contribution is 2.22. The molecule has 6 nitrogen and oxygen atoms in total. The molecule has 1 aromatic rings. The van der Waals surface area contributed by atoms with Crippen molar-refractivity contribution in [3.63, 3.8) is 0 Å². The number of hydrogen-bond acceptors (Lipinski definition) is 5. The number of benzene rings is 1. The first kappa shape index (κ1) is 12.8. The van der Waals surface area contributed by atoms with Crippen LogP contribution in [-0.4, -0.2) is 24.2 Å². The zero-order valence-electron chi connectivity index (χ0n) is 10.0. The highest BCUT2D eigenvalue weighted by Gasteiger charge is 2.15. The lowest BCUT2D eigenvalue weighted by molar-refractivity contribution is -0.384. The second-order valence-electron chi connectivity index (χ2n) is 4.26. The summed E-state index contributed by atoms with van der Waals surface area (Å²) >= 11 is 0. The number of anilines is 1. The number of non-ortho nitro benzene ring substituents is 1. The van der Waals surface area contributed by atoms with E-state index in [0.717, 1.165) is 12.8 Å². The van der Waals surface area contributed by atoms with Crippen LogP contribution in [0.2, 0.25) is 0 Å². The molecule has 0 aromatic heterocycles. The molecule has 0 atom stereocenters. The summed E-state index contributed by atoms with van der Waals surface area (Å²) in [6, 6.07) is 4.41. The Bertz CT molecular complexity index is 430. The molecule has 2 N–H and O–H groups in total. The Hall–Kier alpha value is -1.66. The van der Waals surface area contributed by atoms with Gasteiger partial charge in [-0.3, -0.25) is 10.1 Å². The van der Waals surface area contributed by atoms with Crippen molar-refractivity contribution in [2.75, 3.05) is 18.9 Å². The SMILES string of the molecule is Nc1ccc([N+](=O)[O-])cc1COC1CCOCC1. The molecule has 2 rings (SSSR count). The monoisotopic (exact) mass is 252 g/mol. The molecule has 0 amide bonds. The highest BCUT2D eigenvalue weighted by atomic mass is 16.6. The lowest BCUT2D eigenvalue weighted by Crippen LogP contribution is -2.23. The van der Waals surface area contributed by atoms with Gasteiger partial charge in [0.15, 0.2) is 0 Å². The first-order valence-electron chi connectivity index (χ1n) is 5.89. The zero-order chi connectivity index (χ0) is 13.0. The number of nitrogens with two attached hydrogens (primary N) is 1. The molecule has 1 saturated heterocycles. The number of nitro groups is 1. The van der Waals surface area contributed by atoms with Gasteiger partial charge in [-0.05, 0) is 18.9 Å². The number of nitrogens with zero attached hydrogens (tertiary/aromatic N) is 1. The van der Waals surface area contributed by atoms with Gasteiger partial charge in [0.1, 0.15) is 0 Å². The summed E-state index contributed by atoms with van der Waals surface area (Å²) in [7, 11) is 0. The van der Waals surface area contributed by atoms with Crippen molar-refractivity contribution in [1.82, 2.24) is 0 Å². The minimum absolute atomic E-state index is 0.0368. The minimum Gasteiger partial charge on any atom is -0.398 e. The summed E-state index contributed by atoms with van der Waals surface area (Å²) in [5, 5.41) is 10.7. The summed E-state index contributed by atoms with van der Waals surface area (Å²) in [5.74, 6) is 0. The molecule has 98 valence electrons. The van der Waals surface area contributed by atoms with Crippen molar-refractivity contribution in [3.8, 4) is 0 Å². The van der Waals surface area contributed by atoms with Crippen LogP contribution in [0.3, 0.4) is 0 Å². The molecule has 1 fully saturated rings. The molecule has 0 aliphatic carbocycles. The average molecular weight is 252 g/mol. The minimum atomic E-state index is -0.433. The lowest BCUT2D eigenvalue weighted by atomic mass is 10.1. The maximum atomic E-state index is 10.7. The highest BCUT2D eigenvalue weighted by molar-refractivity contribution is 5.52. The first-order chi connectivity index (χ1) is 8.66. The zero-order valence-corrected chi connectivity index (χ0v) is 10.0. The van der Waals surface area contributed by atoms with E-state index in [2.05, 4.69) is 0 Å². The van der Waals surface area contributed by atoms with Crippen LogP contribution in [-0.2, 0) is 16.1 Å². The van der Waals surface area contributed by atoms with E-state index in [1.165, 1.54) is 12.1 Å². The van der Waals surface area contributed by atoms with Gasteiger partial charge in [-0.1, -0.05) is 0 Å². The molecule has 6 heteroatoms. The van der Waals surface area contributed by atoms with Gasteiger partial charge in [-0.25, -0.2) is 0 Å². The molecule has 0 spiro atoms. The Labute approximate surface area is 105 Å². The molecule has 1 aliphatic heterocycles. The second kappa shape index (κ2) is 5.79.